The van der Waals surface area contributed by atoms with Gasteiger partial charge in [-0.3, -0.25) is 0 Å². The van der Waals surface area contributed by atoms with Crippen LogP contribution in [0.25, 0.3) is 0 Å². The minimum Gasteiger partial charge on any atom is -0.394 e. The van der Waals surface area contributed by atoms with Gasteiger partial charge < -0.3 is 15.5 Å². The molecule has 3 heteroatoms. The third kappa shape index (κ3) is 2.89. The summed E-state index contributed by atoms with van der Waals surface area (Å²) in [7, 11) is 0. The molecule has 0 radical (unpaired) electrons. The molecule has 106 valence electrons. The quantitative estimate of drug-likeness (QED) is 0.706. The minimum atomic E-state index is -0.467. The van der Waals surface area contributed by atoms with E-state index in [1.807, 2.05) is 6.92 Å². The molecule has 0 amide bonds. The Hall–Kier alpha value is -0.120. The predicted molar refractivity (Wildman–Crippen MR) is 73.5 cm³/mol. The monoisotopic (exact) mass is 255 g/mol. The molecule has 2 rings (SSSR count). The smallest absolute Gasteiger partial charge is 0.0647 e. The highest BCUT2D eigenvalue weighted by atomic mass is 16.3. The second-order valence-corrected chi connectivity index (χ2v) is 6.58. The van der Waals surface area contributed by atoms with E-state index in [0.29, 0.717) is 11.5 Å². The summed E-state index contributed by atoms with van der Waals surface area (Å²) < 4.78 is 0. The van der Waals surface area contributed by atoms with Crippen molar-refractivity contribution in [3.05, 3.63) is 0 Å². The van der Waals surface area contributed by atoms with Crippen molar-refractivity contribution in [2.75, 3.05) is 13.2 Å². The SMILES string of the molecule is CCC(CO)(CO)NC1CCC2(CCCC2)CC1. The van der Waals surface area contributed by atoms with E-state index in [9.17, 15) is 10.2 Å². The minimum absolute atomic E-state index is 0.0294. The van der Waals surface area contributed by atoms with Gasteiger partial charge in [0.1, 0.15) is 0 Å². The molecule has 0 atom stereocenters. The highest BCUT2D eigenvalue weighted by Crippen LogP contribution is 2.49. The molecule has 0 saturated heterocycles. The highest BCUT2D eigenvalue weighted by Gasteiger charge is 2.39. The molecule has 3 N–H and O–H groups in total. The lowest BCUT2D eigenvalue weighted by atomic mass is 9.71. The highest BCUT2D eigenvalue weighted by molar-refractivity contribution is 4.95. The van der Waals surface area contributed by atoms with Gasteiger partial charge in [-0.1, -0.05) is 19.8 Å². The van der Waals surface area contributed by atoms with Gasteiger partial charge >= 0.3 is 0 Å². The second-order valence-electron chi connectivity index (χ2n) is 6.58. The summed E-state index contributed by atoms with van der Waals surface area (Å²) >= 11 is 0. The Labute approximate surface area is 111 Å². The van der Waals surface area contributed by atoms with Crippen molar-refractivity contribution < 1.29 is 10.2 Å². The fraction of sp³-hybridized carbons (Fsp3) is 1.00. The first kappa shape index (κ1) is 14.3. The van der Waals surface area contributed by atoms with Crippen molar-refractivity contribution >= 4 is 0 Å². The standard InChI is InChI=1S/C15H29NO2/c1-2-15(11-17,12-18)16-13-5-9-14(10-6-13)7-3-4-8-14/h13,16-18H,2-12H2,1H3. The molecule has 2 aliphatic carbocycles. The van der Waals surface area contributed by atoms with Crippen molar-refractivity contribution in [2.24, 2.45) is 5.41 Å². The van der Waals surface area contributed by atoms with Crippen LogP contribution in [0.15, 0.2) is 0 Å². The maximum absolute atomic E-state index is 9.49. The summed E-state index contributed by atoms with van der Waals surface area (Å²) in [6.45, 7) is 2.09. The van der Waals surface area contributed by atoms with Crippen molar-refractivity contribution in [2.45, 2.75) is 76.3 Å². The number of nitrogens with one attached hydrogen (secondary N) is 1. The molecular formula is C15H29NO2. The molecule has 3 nitrogen and oxygen atoms in total. The molecule has 0 aromatic heterocycles. The third-order valence-electron chi connectivity index (χ3n) is 5.50. The third-order valence-corrected chi connectivity index (χ3v) is 5.50. The molecule has 0 aromatic rings. The maximum Gasteiger partial charge on any atom is 0.0647 e. The number of aliphatic hydroxyl groups excluding tert-OH is 2. The van der Waals surface area contributed by atoms with Gasteiger partial charge in [0.25, 0.3) is 0 Å². The zero-order valence-corrected chi connectivity index (χ0v) is 11.7. The van der Waals surface area contributed by atoms with Crippen molar-refractivity contribution in [1.82, 2.24) is 5.32 Å². The molecule has 18 heavy (non-hydrogen) atoms. The average molecular weight is 255 g/mol. The molecule has 0 unspecified atom stereocenters. The number of rotatable bonds is 5. The lowest BCUT2D eigenvalue weighted by Gasteiger charge is -2.41. The number of hydrogen-bond acceptors (Lipinski definition) is 3. The zero-order valence-electron chi connectivity index (χ0n) is 11.7. The van der Waals surface area contributed by atoms with Gasteiger partial charge in [0.2, 0.25) is 0 Å². The van der Waals surface area contributed by atoms with E-state index in [0.717, 1.165) is 6.42 Å². The van der Waals surface area contributed by atoms with Gasteiger partial charge in [0, 0.05) is 6.04 Å². The summed E-state index contributed by atoms with van der Waals surface area (Å²) in [5.74, 6) is 0. The van der Waals surface area contributed by atoms with E-state index < -0.39 is 5.54 Å². The summed E-state index contributed by atoms with van der Waals surface area (Å²) in [5.41, 5.74) is 0.191. The largest absolute Gasteiger partial charge is 0.394 e. The normalized spacial score (nSPS) is 24.8. The summed E-state index contributed by atoms with van der Waals surface area (Å²) in [4.78, 5) is 0. The fourth-order valence-electron chi connectivity index (χ4n) is 3.90. The van der Waals surface area contributed by atoms with E-state index in [4.69, 9.17) is 0 Å². The first-order chi connectivity index (χ1) is 8.67. The van der Waals surface area contributed by atoms with Crippen LogP contribution in [0.5, 0.6) is 0 Å². The van der Waals surface area contributed by atoms with Gasteiger partial charge in [-0.05, 0) is 50.4 Å². The molecule has 1 spiro atoms. The van der Waals surface area contributed by atoms with Crippen molar-refractivity contribution in [1.29, 1.82) is 0 Å². The molecule has 2 fully saturated rings. The molecule has 2 aliphatic rings. The Morgan fingerprint density at radius 2 is 1.61 bits per heavy atom. The molecule has 0 aromatic carbocycles. The Bertz CT molecular complexity index is 239. The fourth-order valence-corrected chi connectivity index (χ4v) is 3.90. The van der Waals surface area contributed by atoms with Gasteiger partial charge in [0.15, 0.2) is 0 Å². The molecule has 0 aliphatic heterocycles. The van der Waals surface area contributed by atoms with Gasteiger partial charge in [0.05, 0.1) is 18.8 Å². The first-order valence-corrected chi connectivity index (χ1v) is 7.67. The molecule has 0 heterocycles. The summed E-state index contributed by atoms with van der Waals surface area (Å²) in [6.07, 6.45) is 11.6. The average Bonchev–Trinajstić information content (AvgIpc) is 2.87. The molecular weight excluding hydrogens is 226 g/mol. The van der Waals surface area contributed by atoms with Gasteiger partial charge in [-0.25, -0.2) is 0 Å². The Morgan fingerprint density at radius 3 is 2.06 bits per heavy atom. The summed E-state index contributed by atoms with van der Waals surface area (Å²) in [5, 5.41) is 22.5. The Morgan fingerprint density at radius 1 is 1.06 bits per heavy atom. The lowest BCUT2D eigenvalue weighted by Crippen LogP contribution is -2.56. The van der Waals surface area contributed by atoms with Gasteiger partial charge in [-0.2, -0.15) is 0 Å². The first-order valence-electron chi connectivity index (χ1n) is 7.67. The molecule has 2 saturated carbocycles. The predicted octanol–water partition coefficient (Wildman–Crippen LogP) is 2.21. The van der Waals surface area contributed by atoms with Crippen molar-refractivity contribution in [3.63, 3.8) is 0 Å². The van der Waals surface area contributed by atoms with E-state index in [2.05, 4.69) is 5.32 Å². The van der Waals surface area contributed by atoms with E-state index in [1.54, 1.807) is 0 Å². The maximum atomic E-state index is 9.49. The van der Waals surface area contributed by atoms with Crippen LogP contribution in [0.1, 0.15) is 64.7 Å². The van der Waals surface area contributed by atoms with E-state index in [-0.39, 0.29) is 13.2 Å². The Balaban J connectivity index is 1.85. The van der Waals surface area contributed by atoms with Crippen LogP contribution < -0.4 is 5.32 Å². The summed E-state index contributed by atoms with van der Waals surface area (Å²) in [6, 6.07) is 0.482. The Kier molecular flexibility index (Phi) is 4.68. The van der Waals surface area contributed by atoms with Crippen LogP contribution in [0.4, 0.5) is 0 Å². The van der Waals surface area contributed by atoms with Crippen LogP contribution in [-0.2, 0) is 0 Å². The van der Waals surface area contributed by atoms with E-state index >= 15 is 0 Å². The zero-order chi connectivity index (χ0) is 13.1. The second kappa shape index (κ2) is 5.89. The lowest BCUT2D eigenvalue weighted by molar-refractivity contribution is 0.0613. The number of aliphatic hydroxyl groups is 2. The van der Waals surface area contributed by atoms with Crippen LogP contribution in [0, 0.1) is 5.41 Å². The topological polar surface area (TPSA) is 52.5 Å². The van der Waals surface area contributed by atoms with Crippen molar-refractivity contribution in [3.8, 4) is 0 Å². The van der Waals surface area contributed by atoms with Crippen LogP contribution >= 0.6 is 0 Å². The van der Waals surface area contributed by atoms with Crippen LogP contribution in [-0.4, -0.2) is 35.0 Å². The number of hydrogen-bond donors (Lipinski definition) is 3. The van der Waals surface area contributed by atoms with Crippen LogP contribution in [0.2, 0.25) is 0 Å². The molecule has 0 bridgehead atoms. The van der Waals surface area contributed by atoms with E-state index in [1.165, 1.54) is 51.4 Å². The van der Waals surface area contributed by atoms with Crippen LogP contribution in [0.3, 0.4) is 0 Å². The van der Waals surface area contributed by atoms with Gasteiger partial charge in [-0.15, -0.1) is 0 Å².